The number of esters is 1. The molecule has 0 spiro atoms. The number of nitrogens with one attached hydrogen (secondary N) is 1. The summed E-state index contributed by atoms with van der Waals surface area (Å²) < 4.78 is 4.63. The first kappa shape index (κ1) is 12.6. The Morgan fingerprint density at radius 1 is 1.50 bits per heavy atom. The average Bonchev–Trinajstić information content (AvgIpc) is 3.23. The highest BCUT2D eigenvalue weighted by molar-refractivity contribution is 5.89. The van der Waals surface area contributed by atoms with Crippen LogP contribution in [0.5, 0.6) is 0 Å². The lowest BCUT2D eigenvalue weighted by Crippen LogP contribution is -2.22. The maximum absolute atomic E-state index is 11.3. The molecule has 4 nitrogen and oxygen atoms in total. The van der Waals surface area contributed by atoms with Crippen molar-refractivity contribution in [1.29, 1.82) is 5.26 Å². The van der Waals surface area contributed by atoms with Crippen molar-refractivity contribution in [2.75, 3.05) is 13.7 Å². The fourth-order valence-corrected chi connectivity index (χ4v) is 1.77. The van der Waals surface area contributed by atoms with Crippen LogP contribution < -0.4 is 5.32 Å². The highest BCUT2D eigenvalue weighted by Crippen LogP contribution is 2.28. The number of nitrogens with zero attached hydrogens (tertiary/aromatic N) is 1. The lowest BCUT2D eigenvalue weighted by atomic mass is 10.1. The largest absolute Gasteiger partial charge is 0.465 e. The van der Waals surface area contributed by atoms with Crippen LogP contribution in [0.1, 0.15) is 34.8 Å². The number of hydrogen-bond donors (Lipinski definition) is 1. The summed E-state index contributed by atoms with van der Waals surface area (Å²) in [5.74, 6) is 0.371. The third kappa shape index (κ3) is 3.08. The number of benzene rings is 1. The molecule has 1 fully saturated rings. The third-order valence-electron chi connectivity index (χ3n) is 3.10. The van der Waals surface area contributed by atoms with E-state index in [0.717, 1.165) is 18.0 Å². The summed E-state index contributed by atoms with van der Waals surface area (Å²) >= 11 is 0. The molecular formula is C14H16N2O2. The fourth-order valence-electron chi connectivity index (χ4n) is 1.77. The van der Waals surface area contributed by atoms with Gasteiger partial charge >= 0.3 is 5.97 Å². The number of hydrogen-bond acceptors (Lipinski definition) is 4. The lowest BCUT2D eigenvalue weighted by Gasteiger charge is -2.11. The van der Waals surface area contributed by atoms with Crippen LogP contribution in [0, 0.1) is 17.2 Å². The molecule has 1 unspecified atom stereocenters. The first-order valence-corrected chi connectivity index (χ1v) is 6.06. The van der Waals surface area contributed by atoms with Gasteiger partial charge in [-0.15, -0.1) is 0 Å². The van der Waals surface area contributed by atoms with Gasteiger partial charge in [0.15, 0.2) is 0 Å². The number of methoxy groups -OCH3 is 1. The molecule has 2 rings (SSSR count). The second kappa shape index (κ2) is 5.65. The number of carbonyl (C=O) groups is 1. The molecule has 1 aliphatic carbocycles. The third-order valence-corrected chi connectivity index (χ3v) is 3.10. The summed E-state index contributed by atoms with van der Waals surface area (Å²) in [6.07, 6.45) is 2.51. The van der Waals surface area contributed by atoms with Crippen LogP contribution in [0.15, 0.2) is 24.3 Å². The first-order chi connectivity index (χ1) is 8.74. The quantitative estimate of drug-likeness (QED) is 0.805. The second-order valence-corrected chi connectivity index (χ2v) is 4.53. The highest BCUT2D eigenvalue weighted by Gasteiger charge is 2.22. The predicted molar refractivity (Wildman–Crippen MR) is 66.9 cm³/mol. The summed E-state index contributed by atoms with van der Waals surface area (Å²) in [7, 11) is 1.35. The molecule has 94 valence electrons. The molecular weight excluding hydrogens is 228 g/mol. The molecule has 0 saturated heterocycles. The van der Waals surface area contributed by atoms with Crippen molar-refractivity contribution in [3.8, 4) is 6.07 Å². The van der Waals surface area contributed by atoms with Gasteiger partial charge in [0, 0.05) is 0 Å². The summed E-state index contributed by atoms with van der Waals surface area (Å²) in [6, 6.07) is 8.88. The molecule has 1 aliphatic rings. The van der Waals surface area contributed by atoms with Crippen molar-refractivity contribution in [3.05, 3.63) is 35.4 Å². The maximum atomic E-state index is 11.3. The van der Waals surface area contributed by atoms with Crippen LogP contribution in [0.25, 0.3) is 0 Å². The van der Waals surface area contributed by atoms with E-state index < -0.39 is 0 Å². The molecule has 0 bridgehead atoms. The molecule has 4 heteroatoms. The van der Waals surface area contributed by atoms with E-state index in [4.69, 9.17) is 5.26 Å². The highest BCUT2D eigenvalue weighted by atomic mass is 16.5. The summed E-state index contributed by atoms with van der Waals surface area (Å²) in [6.45, 7) is 0.886. The van der Waals surface area contributed by atoms with Crippen LogP contribution in [-0.2, 0) is 4.74 Å². The van der Waals surface area contributed by atoms with E-state index in [1.807, 2.05) is 0 Å². The zero-order valence-corrected chi connectivity index (χ0v) is 10.3. The zero-order valence-electron chi connectivity index (χ0n) is 10.3. The van der Waals surface area contributed by atoms with E-state index >= 15 is 0 Å². The van der Waals surface area contributed by atoms with Gasteiger partial charge in [-0.2, -0.15) is 5.26 Å². The Kier molecular flexibility index (Phi) is 3.96. The monoisotopic (exact) mass is 244 g/mol. The second-order valence-electron chi connectivity index (χ2n) is 4.53. The molecule has 0 amide bonds. The molecule has 1 saturated carbocycles. The van der Waals surface area contributed by atoms with E-state index in [0.29, 0.717) is 5.56 Å². The molecule has 1 N–H and O–H groups in total. The van der Waals surface area contributed by atoms with Crippen molar-refractivity contribution in [2.45, 2.75) is 18.9 Å². The van der Waals surface area contributed by atoms with E-state index in [-0.39, 0.29) is 12.0 Å². The average molecular weight is 244 g/mol. The minimum atomic E-state index is -0.360. The van der Waals surface area contributed by atoms with E-state index in [2.05, 4.69) is 16.1 Å². The van der Waals surface area contributed by atoms with Crippen LogP contribution in [0.3, 0.4) is 0 Å². The van der Waals surface area contributed by atoms with Crippen LogP contribution >= 0.6 is 0 Å². The van der Waals surface area contributed by atoms with Gasteiger partial charge in [0.2, 0.25) is 0 Å². The number of nitriles is 1. The SMILES string of the molecule is COC(=O)c1ccc(C(C#N)NCC2CC2)cc1. The minimum Gasteiger partial charge on any atom is -0.465 e. The Hall–Kier alpha value is -1.86. The summed E-state index contributed by atoms with van der Waals surface area (Å²) in [5.41, 5.74) is 1.38. The Morgan fingerprint density at radius 3 is 2.67 bits per heavy atom. The number of rotatable bonds is 5. The molecule has 1 aromatic rings. The molecule has 1 atom stereocenters. The molecule has 0 heterocycles. The number of carbonyl (C=O) groups excluding carboxylic acids is 1. The van der Waals surface area contributed by atoms with Crippen molar-refractivity contribution in [1.82, 2.24) is 5.32 Å². The van der Waals surface area contributed by atoms with Gasteiger partial charge < -0.3 is 4.74 Å². The standard InChI is InChI=1S/C14H16N2O2/c1-18-14(17)12-6-4-11(5-7-12)13(8-15)16-9-10-2-3-10/h4-7,10,13,16H,2-3,9H2,1H3. The maximum Gasteiger partial charge on any atom is 0.337 e. The Balaban J connectivity index is 2.01. The van der Waals surface area contributed by atoms with Gasteiger partial charge in [0.25, 0.3) is 0 Å². The van der Waals surface area contributed by atoms with Crippen molar-refractivity contribution in [2.24, 2.45) is 5.92 Å². The van der Waals surface area contributed by atoms with E-state index in [1.54, 1.807) is 24.3 Å². The molecule has 0 aliphatic heterocycles. The smallest absolute Gasteiger partial charge is 0.337 e. The van der Waals surface area contributed by atoms with Gasteiger partial charge in [0.05, 0.1) is 18.7 Å². The van der Waals surface area contributed by atoms with Crippen molar-refractivity contribution in [3.63, 3.8) is 0 Å². The van der Waals surface area contributed by atoms with Gasteiger partial charge in [-0.1, -0.05) is 12.1 Å². The van der Waals surface area contributed by atoms with E-state index in [9.17, 15) is 4.79 Å². The Bertz CT molecular complexity index is 458. The van der Waals surface area contributed by atoms with Crippen LogP contribution in [0.2, 0.25) is 0 Å². The summed E-state index contributed by atoms with van der Waals surface area (Å²) in [5, 5.41) is 12.4. The molecule has 18 heavy (non-hydrogen) atoms. The molecule has 1 aromatic carbocycles. The first-order valence-electron chi connectivity index (χ1n) is 6.06. The Labute approximate surface area is 107 Å². The lowest BCUT2D eigenvalue weighted by molar-refractivity contribution is 0.0600. The normalized spacial score (nSPS) is 15.8. The summed E-state index contributed by atoms with van der Waals surface area (Å²) in [4.78, 5) is 11.3. The van der Waals surface area contributed by atoms with Gasteiger partial charge in [0.1, 0.15) is 6.04 Å². The molecule has 0 radical (unpaired) electrons. The van der Waals surface area contributed by atoms with Crippen LogP contribution in [0.4, 0.5) is 0 Å². The van der Waals surface area contributed by atoms with Crippen LogP contribution in [-0.4, -0.2) is 19.6 Å². The molecule has 0 aromatic heterocycles. The fraction of sp³-hybridized carbons (Fsp3) is 0.429. The van der Waals surface area contributed by atoms with Crippen molar-refractivity contribution >= 4 is 5.97 Å². The van der Waals surface area contributed by atoms with Gasteiger partial charge in [-0.25, -0.2) is 4.79 Å². The number of ether oxygens (including phenoxy) is 1. The van der Waals surface area contributed by atoms with Gasteiger partial charge in [-0.05, 0) is 43.0 Å². The predicted octanol–water partition coefficient (Wildman–Crippen LogP) is 2.04. The van der Waals surface area contributed by atoms with Crippen molar-refractivity contribution < 1.29 is 9.53 Å². The van der Waals surface area contributed by atoms with E-state index in [1.165, 1.54) is 20.0 Å². The zero-order chi connectivity index (χ0) is 13.0. The Morgan fingerprint density at radius 2 is 2.17 bits per heavy atom. The topological polar surface area (TPSA) is 62.1 Å². The minimum absolute atomic E-state index is 0.308. The van der Waals surface area contributed by atoms with Gasteiger partial charge in [-0.3, -0.25) is 5.32 Å².